The maximum atomic E-state index is 6.81. The van der Waals surface area contributed by atoms with E-state index < -0.39 is 0 Å². The fourth-order valence-corrected chi connectivity index (χ4v) is 7.15. The summed E-state index contributed by atoms with van der Waals surface area (Å²) in [5, 5.41) is 6.75. The second kappa shape index (κ2) is 11.0. The number of oxazole rings is 1. The summed E-state index contributed by atoms with van der Waals surface area (Å²) < 4.78 is 13.4. The summed E-state index contributed by atoms with van der Waals surface area (Å²) >= 11 is 0. The number of furan rings is 1. The zero-order valence-electron chi connectivity index (χ0n) is 26.4. The molecule has 2 heterocycles. The first-order valence-corrected chi connectivity index (χ1v) is 16.5. The normalized spacial score (nSPS) is 11.7. The molecule has 0 atom stereocenters. The van der Waals surface area contributed by atoms with Crippen LogP contribution in [-0.4, -0.2) is 4.98 Å². The summed E-state index contributed by atoms with van der Waals surface area (Å²) in [5.41, 5.74) is 9.07. The third kappa shape index (κ3) is 4.49. The standard InChI is InChI=1S/C45H28N2O2/c1-3-12-29(13-4-1)33-17-11-18-34(26-33)47(35-25-24-31-23-22-30-14-7-8-19-36(30)38(31)27-35)39-28-41-42(37-20-9-10-21-40(37)48-41)43-44(39)49-45(46-43)32-15-5-2-6-16-32/h1-28H. The molecule has 0 bridgehead atoms. The Morgan fingerprint density at radius 2 is 1.08 bits per heavy atom. The van der Waals surface area contributed by atoms with Crippen molar-refractivity contribution in [1.82, 2.24) is 4.98 Å². The van der Waals surface area contributed by atoms with Gasteiger partial charge in [-0.2, -0.15) is 0 Å². The van der Waals surface area contributed by atoms with Crippen LogP contribution < -0.4 is 4.90 Å². The zero-order chi connectivity index (χ0) is 32.3. The molecule has 0 N–H and O–H groups in total. The molecule has 0 spiro atoms. The number of fused-ring (bicyclic) bond motifs is 8. The molecule has 4 nitrogen and oxygen atoms in total. The lowest BCUT2D eigenvalue weighted by molar-refractivity contribution is 0.619. The van der Waals surface area contributed by atoms with E-state index in [2.05, 4.69) is 120 Å². The number of hydrogen-bond acceptors (Lipinski definition) is 4. The molecule has 10 aromatic rings. The minimum Gasteiger partial charge on any atom is -0.456 e. The fourth-order valence-electron chi connectivity index (χ4n) is 7.15. The minimum atomic E-state index is 0.567. The monoisotopic (exact) mass is 628 g/mol. The van der Waals surface area contributed by atoms with E-state index in [1.165, 1.54) is 21.5 Å². The highest BCUT2D eigenvalue weighted by atomic mass is 16.4. The van der Waals surface area contributed by atoms with Gasteiger partial charge in [0.25, 0.3) is 0 Å². The Balaban J connectivity index is 1.30. The fraction of sp³-hybridized carbons (Fsp3) is 0. The molecular formula is C45H28N2O2. The van der Waals surface area contributed by atoms with Gasteiger partial charge in [0, 0.05) is 28.4 Å². The Morgan fingerprint density at radius 3 is 1.92 bits per heavy atom. The van der Waals surface area contributed by atoms with Crippen LogP contribution in [0, 0.1) is 0 Å². The van der Waals surface area contributed by atoms with Gasteiger partial charge in [0.2, 0.25) is 5.89 Å². The van der Waals surface area contributed by atoms with Crippen molar-refractivity contribution in [3.05, 3.63) is 170 Å². The first-order valence-electron chi connectivity index (χ1n) is 16.5. The van der Waals surface area contributed by atoms with Gasteiger partial charge in [-0.25, -0.2) is 4.98 Å². The molecule has 0 radical (unpaired) electrons. The lowest BCUT2D eigenvalue weighted by Crippen LogP contribution is -2.10. The van der Waals surface area contributed by atoms with E-state index in [-0.39, 0.29) is 0 Å². The molecule has 0 unspecified atom stereocenters. The molecule has 10 rings (SSSR count). The lowest BCUT2D eigenvalue weighted by Gasteiger charge is -2.26. The number of hydrogen-bond donors (Lipinski definition) is 0. The number of anilines is 3. The van der Waals surface area contributed by atoms with Crippen molar-refractivity contribution in [1.29, 1.82) is 0 Å². The van der Waals surface area contributed by atoms with Crippen LogP contribution in [0.1, 0.15) is 0 Å². The highest BCUT2D eigenvalue weighted by Gasteiger charge is 2.25. The first kappa shape index (κ1) is 27.5. The maximum Gasteiger partial charge on any atom is 0.227 e. The van der Waals surface area contributed by atoms with E-state index >= 15 is 0 Å². The molecule has 4 heteroatoms. The summed E-state index contributed by atoms with van der Waals surface area (Å²) in [6.45, 7) is 0. The van der Waals surface area contributed by atoms with Crippen LogP contribution in [0.2, 0.25) is 0 Å². The van der Waals surface area contributed by atoms with Gasteiger partial charge in [0.15, 0.2) is 5.58 Å². The van der Waals surface area contributed by atoms with Gasteiger partial charge in [0.1, 0.15) is 16.7 Å². The van der Waals surface area contributed by atoms with Crippen LogP contribution in [0.25, 0.3) is 77.2 Å². The Kier molecular flexibility index (Phi) is 6.15. The number of rotatable bonds is 5. The molecule has 49 heavy (non-hydrogen) atoms. The minimum absolute atomic E-state index is 0.567. The molecule has 0 fully saturated rings. The van der Waals surface area contributed by atoms with Gasteiger partial charge >= 0.3 is 0 Å². The van der Waals surface area contributed by atoms with Gasteiger partial charge in [-0.1, -0.05) is 121 Å². The molecule has 0 aliphatic heterocycles. The SMILES string of the molecule is c1ccc(-c2cccc(N(c3ccc4ccc5ccccc5c4c3)c3cc4oc5ccccc5c4c4nc(-c5ccccc5)oc34)c2)cc1. The summed E-state index contributed by atoms with van der Waals surface area (Å²) in [7, 11) is 0. The van der Waals surface area contributed by atoms with Crippen LogP contribution in [-0.2, 0) is 0 Å². The largest absolute Gasteiger partial charge is 0.456 e. The summed E-state index contributed by atoms with van der Waals surface area (Å²) in [4.78, 5) is 7.45. The van der Waals surface area contributed by atoms with Crippen LogP contribution in [0.5, 0.6) is 0 Å². The van der Waals surface area contributed by atoms with Gasteiger partial charge in [-0.15, -0.1) is 0 Å². The summed E-state index contributed by atoms with van der Waals surface area (Å²) in [6, 6.07) is 59.1. The van der Waals surface area contributed by atoms with Crippen LogP contribution in [0.15, 0.2) is 179 Å². The predicted octanol–water partition coefficient (Wildman–Crippen LogP) is 12.8. The van der Waals surface area contributed by atoms with Crippen LogP contribution in [0.4, 0.5) is 17.1 Å². The highest BCUT2D eigenvalue weighted by Crippen LogP contribution is 2.47. The van der Waals surface area contributed by atoms with Crippen molar-refractivity contribution >= 4 is 71.6 Å². The van der Waals surface area contributed by atoms with Gasteiger partial charge in [-0.05, 0) is 75.1 Å². The molecule has 2 aromatic heterocycles. The van der Waals surface area contributed by atoms with Crippen molar-refractivity contribution in [2.45, 2.75) is 0 Å². The summed E-state index contributed by atoms with van der Waals surface area (Å²) in [5.74, 6) is 0.567. The van der Waals surface area contributed by atoms with Crippen molar-refractivity contribution in [2.75, 3.05) is 4.90 Å². The van der Waals surface area contributed by atoms with Crippen LogP contribution >= 0.6 is 0 Å². The van der Waals surface area contributed by atoms with Crippen molar-refractivity contribution in [3.63, 3.8) is 0 Å². The second-order valence-corrected chi connectivity index (χ2v) is 12.4. The lowest BCUT2D eigenvalue weighted by atomic mass is 10.0. The Morgan fingerprint density at radius 1 is 0.429 bits per heavy atom. The van der Waals surface area contributed by atoms with E-state index in [1.54, 1.807) is 0 Å². The quantitative estimate of drug-likeness (QED) is 0.178. The van der Waals surface area contributed by atoms with E-state index in [4.69, 9.17) is 13.8 Å². The molecule has 0 aliphatic carbocycles. The smallest absolute Gasteiger partial charge is 0.227 e. The second-order valence-electron chi connectivity index (χ2n) is 12.4. The zero-order valence-corrected chi connectivity index (χ0v) is 26.4. The predicted molar refractivity (Wildman–Crippen MR) is 202 cm³/mol. The highest BCUT2D eigenvalue weighted by molar-refractivity contribution is 6.20. The number of para-hydroxylation sites is 1. The number of nitrogens with zero attached hydrogens (tertiary/aromatic N) is 2. The van der Waals surface area contributed by atoms with Crippen molar-refractivity contribution in [2.24, 2.45) is 0 Å². The molecule has 0 saturated heterocycles. The van der Waals surface area contributed by atoms with E-state index in [0.29, 0.717) is 11.5 Å². The molecular weight excluding hydrogens is 601 g/mol. The Bertz CT molecular complexity index is 2830. The Hall–Kier alpha value is -6.65. The van der Waals surface area contributed by atoms with Crippen molar-refractivity contribution < 1.29 is 8.83 Å². The molecule has 230 valence electrons. The first-order chi connectivity index (χ1) is 24.3. The number of benzene rings is 8. The van der Waals surface area contributed by atoms with Crippen molar-refractivity contribution in [3.8, 4) is 22.6 Å². The van der Waals surface area contributed by atoms with Crippen LogP contribution in [0.3, 0.4) is 0 Å². The molecule has 0 amide bonds. The molecule has 8 aromatic carbocycles. The number of aromatic nitrogens is 1. The topological polar surface area (TPSA) is 42.4 Å². The Labute approximate surface area is 282 Å². The van der Waals surface area contributed by atoms with E-state index in [0.717, 1.165) is 61.2 Å². The average molecular weight is 629 g/mol. The third-order valence-electron chi connectivity index (χ3n) is 9.45. The van der Waals surface area contributed by atoms with Gasteiger partial charge in [0.05, 0.1) is 11.1 Å². The van der Waals surface area contributed by atoms with E-state index in [1.807, 2.05) is 54.6 Å². The molecule has 0 saturated carbocycles. The maximum absolute atomic E-state index is 6.81. The third-order valence-corrected chi connectivity index (χ3v) is 9.45. The average Bonchev–Trinajstić information content (AvgIpc) is 3.78. The molecule has 0 aliphatic rings. The van der Waals surface area contributed by atoms with Gasteiger partial charge in [-0.3, -0.25) is 0 Å². The van der Waals surface area contributed by atoms with E-state index in [9.17, 15) is 0 Å². The van der Waals surface area contributed by atoms with Gasteiger partial charge < -0.3 is 13.7 Å². The summed E-state index contributed by atoms with van der Waals surface area (Å²) in [6.07, 6.45) is 0.